The molecule has 1 rings (SSSR count). The number of halogens is 1. The first-order valence-electron chi connectivity index (χ1n) is 8.02. The van der Waals surface area contributed by atoms with Gasteiger partial charge in [0.15, 0.2) is 14.1 Å². The van der Waals surface area contributed by atoms with Crippen molar-refractivity contribution >= 4 is 31.8 Å². The summed E-state index contributed by atoms with van der Waals surface area (Å²) in [5, 5.41) is 0.0418. The first-order valence-corrected chi connectivity index (χ1v) is 11.5. The van der Waals surface area contributed by atoms with Crippen LogP contribution in [0.25, 0.3) is 0 Å². The number of hydrogen-bond donors (Lipinski definition) is 0. The van der Waals surface area contributed by atoms with Crippen LogP contribution in [0.3, 0.4) is 0 Å². The molecule has 0 aliphatic carbocycles. The smallest absolute Gasteiger partial charge is 0.410 e. The van der Waals surface area contributed by atoms with Gasteiger partial charge in [0.2, 0.25) is 0 Å². The minimum atomic E-state index is -2.00. The zero-order chi connectivity index (χ0) is 18.5. The lowest BCUT2D eigenvalue weighted by atomic mass is 10.1. The van der Waals surface area contributed by atoms with Crippen molar-refractivity contribution in [2.75, 3.05) is 25.6 Å². The Balaban J connectivity index is 2.91. The van der Waals surface area contributed by atoms with E-state index >= 15 is 0 Å². The van der Waals surface area contributed by atoms with Crippen LogP contribution >= 0.6 is 11.6 Å². The lowest BCUT2D eigenvalue weighted by Crippen LogP contribution is -2.47. The lowest BCUT2D eigenvalue weighted by Gasteiger charge is -2.38. The second-order valence-electron chi connectivity index (χ2n) is 7.32. The predicted octanol–water partition coefficient (Wildman–Crippen LogP) is 3.75. The van der Waals surface area contributed by atoms with Gasteiger partial charge in [-0.05, 0) is 18.1 Å². The first kappa shape index (κ1) is 20.9. The molecule has 0 N–H and O–H groups in total. The lowest BCUT2D eigenvalue weighted by molar-refractivity contribution is -0.113. The maximum Gasteiger partial charge on any atom is 0.410 e. The molecule has 24 heavy (non-hydrogen) atoms. The summed E-state index contributed by atoms with van der Waals surface area (Å²) < 4.78 is 11.3. The van der Waals surface area contributed by atoms with Crippen molar-refractivity contribution in [2.24, 2.45) is 0 Å². The SMILES string of the molecule is C=CCOC(=O)N1CC=C(C(=O)CCl)[C@@H]1CO[Si](C)(C)C(C)(C)C. The van der Waals surface area contributed by atoms with Gasteiger partial charge in [-0.2, -0.15) is 0 Å². The van der Waals surface area contributed by atoms with Crippen molar-refractivity contribution in [3.05, 3.63) is 24.3 Å². The van der Waals surface area contributed by atoms with Crippen LogP contribution in [0, 0.1) is 0 Å². The van der Waals surface area contributed by atoms with Gasteiger partial charge in [0, 0.05) is 12.1 Å². The Bertz CT molecular complexity index is 525. The van der Waals surface area contributed by atoms with Crippen LogP contribution in [0.5, 0.6) is 0 Å². The van der Waals surface area contributed by atoms with Crippen LogP contribution in [0.15, 0.2) is 24.3 Å². The summed E-state index contributed by atoms with van der Waals surface area (Å²) in [5.41, 5.74) is 0.527. The summed E-state index contributed by atoms with van der Waals surface area (Å²) in [7, 11) is -2.00. The number of carbonyl (C=O) groups is 2. The highest BCUT2D eigenvalue weighted by atomic mass is 35.5. The molecule has 1 aliphatic heterocycles. The van der Waals surface area contributed by atoms with E-state index in [0.29, 0.717) is 12.1 Å². The van der Waals surface area contributed by atoms with Crippen LogP contribution in [0.4, 0.5) is 4.79 Å². The largest absolute Gasteiger partial charge is 0.445 e. The molecule has 0 unspecified atom stereocenters. The molecule has 0 fully saturated rings. The Hall–Kier alpha value is -1.11. The average Bonchev–Trinajstić information content (AvgIpc) is 2.92. The number of alkyl halides is 1. The van der Waals surface area contributed by atoms with Gasteiger partial charge in [-0.25, -0.2) is 4.79 Å². The van der Waals surface area contributed by atoms with Crippen LogP contribution in [0.2, 0.25) is 18.1 Å². The van der Waals surface area contributed by atoms with E-state index in [1.165, 1.54) is 11.0 Å². The molecule has 0 spiro atoms. The molecule has 0 radical (unpaired) electrons. The summed E-state index contributed by atoms with van der Waals surface area (Å²) >= 11 is 5.70. The van der Waals surface area contributed by atoms with E-state index in [1.807, 2.05) is 0 Å². The first-order chi connectivity index (χ1) is 11.0. The second-order valence-corrected chi connectivity index (χ2v) is 12.4. The molecule has 0 aromatic heterocycles. The standard InChI is InChI=1S/C17H28ClNO4Si/c1-7-10-22-16(21)19-9-8-13(15(20)11-18)14(19)12-23-24(5,6)17(2,3)4/h7-8,14H,1,9-12H2,2-6H3/t14-/m0/s1. The van der Waals surface area contributed by atoms with Crippen molar-refractivity contribution in [3.8, 4) is 0 Å². The molecule has 1 aliphatic rings. The van der Waals surface area contributed by atoms with E-state index in [-0.39, 0.29) is 29.9 Å². The van der Waals surface area contributed by atoms with Crippen LogP contribution in [-0.2, 0) is 14.0 Å². The molecule has 0 saturated heterocycles. The molecule has 1 atom stereocenters. The maximum absolute atomic E-state index is 12.2. The zero-order valence-corrected chi connectivity index (χ0v) is 17.0. The molecule has 0 aromatic carbocycles. The van der Waals surface area contributed by atoms with Gasteiger partial charge >= 0.3 is 6.09 Å². The van der Waals surface area contributed by atoms with Gasteiger partial charge in [-0.1, -0.05) is 39.5 Å². The Morgan fingerprint density at radius 3 is 2.58 bits per heavy atom. The number of hydrogen-bond acceptors (Lipinski definition) is 4. The summed E-state index contributed by atoms with van der Waals surface area (Å²) in [5.74, 6) is -0.294. The third-order valence-corrected chi connectivity index (χ3v) is 9.40. The Morgan fingerprint density at radius 1 is 1.46 bits per heavy atom. The topological polar surface area (TPSA) is 55.8 Å². The molecule has 0 bridgehead atoms. The number of amides is 1. The zero-order valence-electron chi connectivity index (χ0n) is 15.2. The Morgan fingerprint density at radius 2 is 2.08 bits per heavy atom. The highest BCUT2D eigenvalue weighted by Crippen LogP contribution is 2.37. The van der Waals surface area contributed by atoms with Crippen molar-refractivity contribution in [2.45, 2.75) is 44.9 Å². The Kier molecular flexibility index (Phi) is 7.25. The van der Waals surface area contributed by atoms with Gasteiger partial charge in [0.1, 0.15) is 6.61 Å². The van der Waals surface area contributed by atoms with Crippen molar-refractivity contribution in [3.63, 3.8) is 0 Å². The molecule has 0 saturated carbocycles. The summed E-state index contributed by atoms with van der Waals surface area (Å²) in [6, 6.07) is -0.456. The number of rotatable bonds is 7. The van der Waals surface area contributed by atoms with Crippen LogP contribution in [0.1, 0.15) is 20.8 Å². The van der Waals surface area contributed by atoms with Crippen LogP contribution < -0.4 is 0 Å². The third kappa shape index (κ3) is 4.94. The highest BCUT2D eigenvalue weighted by Gasteiger charge is 2.41. The normalized spacial score (nSPS) is 18.3. The molecule has 1 amide bonds. The van der Waals surface area contributed by atoms with Gasteiger partial charge in [-0.15, -0.1) is 11.6 Å². The number of Topliss-reactive ketones (excluding diaryl/α,β-unsaturated/α-hetero) is 1. The van der Waals surface area contributed by atoms with Gasteiger partial charge in [0.05, 0.1) is 18.5 Å². The van der Waals surface area contributed by atoms with Crippen molar-refractivity contribution in [1.29, 1.82) is 0 Å². The van der Waals surface area contributed by atoms with E-state index in [4.69, 9.17) is 20.8 Å². The number of nitrogens with zero attached hydrogens (tertiary/aromatic N) is 1. The third-order valence-electron chi connectivity index (χ3n) is 4.65. The van der Waals surface area contributed by atoms with Crippen LogP contribution in [-0.4, -0.2) is 56.8 Å². The molecule has 7 heteroatoms. The molecule has 1 heterocycles. The van der Waals surface area contributed by atoms with Gasteiger partial charge in [-0.3, -0.25) is 9.69 Å². The maximum atomic E-state index is 12.2. The average molecular weight is 374 g/mol. The number of carbonyl (C=O) groups excluding carboxylic acids is 2. The molecule has 5 nitrogen and oxygen atoms in total. The molecular weight excluding hydrogens is 346 g/mol. The number of ketones is 1. The minimum Gasteiger partial charge on any atom is -0.445 e. The van der Waals surface area contributed by atoms with E-state index in [2.05, 4.69) is 40.4 Å². The van der Waals surface area contributed by atoms with E-state index in [1.54, 1.807) is 6.08 Å². The molecule has 136 valence electrons. The second kappa shape index (κ2) is 8.32. The highest BCUT2D eigenvalue weighted by molar-refractivity contribution is 6.74. The van der Waals surface area contributed by atoms with E-state index in [0.717, 1.165) is 0 Å². The summed E-state index contributed by atoms with van der Waals surface area (Å²) in [4.78, 5) is 25.8. The summed E-state index contributed by atoms with van der Waals surface area (Å²) in [6.45, 7) is 14.9. The molecule has 0 aromatic rings. The van der Waals surface area contributed by atoms with E-state index in [9.17, 15) is 9.59 Å². The predicted molar refractivity (Wildman–Crippen MR) is 99.0 cm³/mol. The number of ether oxygens (including phenoxy) is 1. The monoisotopic (exact) mass is 373 g/mol. The summed E-state index contributed by atoms with van der Waals surface area (Å²) in [6.07, 6.45) is 2.76. The van der Waals surface area contributed by atoms with Gasteiger partial charge in [0.25, 0.3) is 0 Å². The van der Waals surface area contributed by atoms with Crippen molar-refractivity contribution < 1.29 is 18.8 Å². The van der Waals surface area contributed by atoms with Crippen molar-refractivity contribution in [1.82, 2.24) is 4.90 Å². The fourth-order valence-electron chi connectivity index (χ4n) is 2.10. The van der Waals surface area contributed by atoms with E-state index < -0.39 is 20.5 Å². The molecular formula is C17H28ClNO4Si. The Labute approximate surface area is 150 Å². The minimum absolute atomic E-state index is 0.0418. The quantitative estimate of drug-likeness (QED) is 0.387. The van der Waals surface area contributed by atoms with Gasteiger partial charge < -0.3 is 9.16 Å². The fraction of sp³-hybridized carbons (Fsp3) is 0.647. The fourth-order valence-corrected chi connectivity index (χ4v) is 3.26.